The van der Waals surface area contributed by atoms with E-state index < -0.39 is 0 Å². The normalized spacial score (nSPS) is 25.9. The van der Waals surface area contributed by atoms with Crippen LogP contribution in [0.25, 0.3) is 10.6 Å². The van der Waals surface area contributed by atoms with Crippen LogP contribution in [0.4, 0.5) is 5.13 Å². The molecule has 4 rings (SSSR count). The molecule has 0 amide bonds. The number of rotatable bonds is 2. The first-order valence-electron chi connectivity index (χ1n) is 6.29. The number of benzene rings is 1. The summed E-state index contributed by atoms with van der Waals surface area (Å²) in [4.78, 5) is 2.41. The molecule has 0 radical (unpaired) electrons. The highest BCUT2D eigenvalue weighted by Gasteiger charge is 2.39. The van der Waals surface area contributed by atoms with Gasteiger partial charge in [-0.25, -0.2) is 0 Å². The molecular weight excluding hydrogens is 244 g/mol. The summed E-state index contributed by atoms with van der Waals surface area (Å²) < 4.78 is 0. The van der Waals surface area contributed by atoms with Crippen molar-refractivity contribution in [3.63, 3.8) is 0 Å². The van der Waals surface area contributed by atoms with E-state index in [0.717, 1.165) is 28.8 Å². The van der Waals surface area contributed by atoms with E-state index in [1.165, 1.54) is 6.42 Å². The fraction of sp³-hybridized carbons (Fsp3) is 0.385. The van der Waals surface area contributed by atoms with Crippen LogP contribution < -0.4 is 10.2 Å². The van der Waals surface area contributed by atoms with Gasteiger partial charge in [-0.2, -0.15) is 0 Å². The minimum Gasteiger partial charge on any atom is -0.341 e. The second-order valence-electron chi connectivity index (χ2n) is 4.90. The van der Waals surface area contributed by atoms with E-state index in [-0.39, 0.29) is 0 Å². The zero-order valence-corrected chi connectivity index (χ0v) is 10.7. The summed E-state index contributed by atoms with van der Waals surface area (Å²) in [5.74, 6) is 0. The molecule has 18 heavy (non-hydrogen) atoms. The van der Waals surface area contributed by atoms with Crippen molar-refractivity contribution in [3.8, 4) is 10.6 Å². The average molecular weight is 258 g/mol. The first kappa shape index (κ1) is 10.5. The molecule has 1 aromatic heterocycles. The monoisotopic (exact) mass is 258 g/mol. The molecule has 5 heteroatoms. The number of nitrogens with one attached hydrogen (secondary N) is 1. The van der Waals surface area contributed by atoms with Crippen LogP contribution >= 0.6 is 11.3 Å². The Morgan fingerprint density at radius 2 is 2.11 bits per heavy atom. The van der Waals surface area contributed by atoms with Gasteiger partial charge in [0.05, 0.1) is 0 Å². The van der Waals surface area contributed by atoms with E-state index in [1.807, 2.05) is 18.2 Å². The summed E-state index contributed by atoms with van der Waals surface area (Å²) >= 11 is 1.70. The molecule has 2 saturated heterocycles. The fourth-order valence-electron chi connectivity index (χ4n) is 2.82. The number of hydrogen-bond donors (Lipinski definition) is 1. The lowest BCUT2D eigenvalue weighted by Crippen LogP contribution is -2.43. The Kier molecular flexibility index (Phi) is 2.34. The van der Waals surface area contributed by atoms with Gasteiger partial charge in [0.2, 0.25) is 5.13 Å². The minimum atomic E-state index is 0.617. The third-order valence-corrected chi connectivity index (χ3v) is 4.75. The largest absolute Gasteiger partial charge is 0.341 e. The number of aromatic nitrogens is 2. The Hall–Kier alpha value is -1.46. The highest BCUT2D eigenvalue weighted by molar-refractivity contribution is 7.18. The maximum atomic E-state index is 4.36. The molecule has 2 atom stereocenters. The SMILES string of the molecule is c1ccc(-c2nnc(N3C[C@H]4C[C@H]3CN4)s2)cc1. The molecule has 2 aromatic rings. The Labute approximate surface area is 110 Å². The third kappa shape index (κ3) is 1.62. The van der Waals surface area contributed by atoms with Crippen LogP contribution in [0.15, 0.2) is 30.3 Å². The molecular formula is C13H14N4S. The Morgan fingerprint density at radius 3 is 2.83 bits per heavy atom. The number of anilines is 1. The molecule has 3 heterocycles. The van der Waals surface area contributed by atoms with Gasteiger partial charge in [-0.3, -0.25) is 0 Å². The highest BCUT2D eigenvalue weighted by atomic mass is 32.1. The van der Waals surface area contributed by atoms with Gasteiger partial charge in [-0.1, -0.05) is 41.7 Å². The maximum Gasteiger partial charge on any atom is 0.208 e. The van der Waals surface area contributed by atoms with Crippen molar-refractivity contribution in [2.45, 2.75) is 18.5 Å². The molecule has 2 fully saturated rings. The van der Waals surface area contributed by atoms with Crippen LogP contribution in [0.3, 0.4) is 0 Å². The molecule has 4 nitrogen and oxygen atoms in total. The summed E-state index contributed by atoms with van der Waals surface area (Å²) in [5.41, 5.74) is 1.16. The Morgan fingerprint density at radius 1 is 1.22 bits per heavy atom. The van der Waals surface area contributed by atoms with Gasteiger partial charge in [-0.05, 0) is 6.42 Å². The molecule has 0 aliphatic carbocycles. The summed E-state index contributed by atoms with van der Waals surface area (Å²) in [7, 11) is 0. The summed E-state index contributed by atoms with van der Waals surface area (Å²) in [6, 6.07) is 11.5. The molecule has 0 spiro atoms. The van der Waals surface area contributed by atoms with Crippen molar-refractivity contribution in [1.29, 1.82) is 0 Å². The summed E-state index contributed by atoms with van der Waals surface area (Å²) in [6.45, 7) is 2.17. The zero-order chi connectivity index (χ0) is 11.9. The molecule has 1 aromatic carbocycles. The van der Waals surface area contributed by atoms with E-state index in [1.54, 1.807) is 11.3 Å². The maximum absolute atomic E-state index is 4.36. The first-order valence-corrected chi connectivity index (χ1v) is 7.11. The quantitative estimate of drug-likeness (QED) is 0.891. The van der Waals surface area contributed by atoms with Crippen LogP contribution in [-0.2, 0) is 0 Å². The van der Waals surface area contributed by atoms with Crippen molar-refractivity contribution in [3.05, 3.63) is 30.3 Å². The van der Waals surface area contributed by atoms with Crippen molar-refractivity contribution in [2.75, 3.05) is 18.0 Å². The number of hydrogen-bond acceptors (Lipinski definition) is 5. The van der Waals surface area contributed by atoms with E-state index in [0.29, 0.717) is 12.1 Å². The van der Waals surface area contributed by atoms with Crippen LogP contribution in [0.2, 0.25) is 0 Å². The molecule has 2 aliphatic heterocycles. The fourth-order valence-corrected chi connectivity index (χ4v) is 3.76. The molecule has 0 unspecified atom stereocenters. The first-order chi connectivity index (χ1) is 8.90. The summed E-state index contributed by atoms with van der Waals surface area (Å²) in [6.07, 6.45) is 1.25. The van der Waals surface area contributed by atoms with Crippen molar-refractivity contribution in [1.82, 2.24) is 15.5 Å². The smallest absolute Gasteiger partial charge is 0.208 e. The van der Waals surface area contributed by atoms with Gasteiger partial charge >= 0.3 is 0 Å². The topological polar surface area (TPSA) is 41.1 Å². The van der Waals surface area contributed by atoms with E-state index in [9.17, 15) is 0 Å². The van der Waals surface area contributed by atoms with Gasteiger partial charge in [0, 0.05) is 30.7 Å². The Bertz CT molecular complexity index is 553. The van der Waals surface area contributed by atoms with Crippen molar-refractivity contribution in [2.24, 2.45) is 0 Å². The van der Waals surface area contributed by atoms with Gasteiger partial charge in [0.15, 0.2) is 0 Å². The van der Waals surface area contributed by atoms with Gasteiger partial charge in [-0.15, -0.1) is 10.2 Å². The van der Waals surface area contributed by atoms with Crippen LogP contribution in [0.5, 0.6) is 0 Å². The molecule has 2 bridgehead atoms. The summed E-state index contributed by atoms with van der Waals surface area (Å²) in [5, 5.41) is 14.3. The van der Waals surface area contributed by atoms with Crippen LogP contribution in [0, 0.1) is 0 Å². The predicted octanol–water partition coefficient (Wildman–Crippen LogP) is 1.76. The van der Waals surface area contributed by atoms with Gasteiger partial charge in [0.1, 0.15) is 5.01 Å². The second kappa shape index (κ2) is 4.03. The number of fused-ring (bicyclic) bond motifs is 2. The molecule has 92 valence electrons. The minimum absolute atomic E-state index is 0.617. The number of nitrogens with zero attached hydrogens (tertiary/aromatic N) is 3. The van der Waals surface area contributed by atoms with Gasteiger partial charge < -0.3 is 10.2 Å². The van der Waals surface area contributed by atoms with E-state index >= 15 is 0 Å². The van der Waals surface area contributed by atoms with E-state index in [2.05, 4.69) is 32.5 Å². The lowest BCUT2D eigenvalue weighted by Gasteiger charge is -2.26. The number of piperazine rings is 1. The van der Waals surface area contributed by atoms with Gasteiger partial charge in [0.25, 0.3) is 0 Å². The lowest BCUT2D eigenvalue weighted by molar-refractivity contribution is 0.578. The molecule has 1 N–H and O–H groups in total. The highest BCUT2D eigenvalue weighted by Crippen LogP contribution is 2.34. The zero-order valence-electron chi connectivity index (χ0n) is 9.91. The van der Waals surface area contributed by atoms with E-state index in [4.69, 9.17) is 0 Å². The molecule has 2 aliphatic rings. The Balaban J connectivity index is 1.63. The third-order valence-electron chi connectivity index (χ3n) is 3.74. The lowest BCUT2D eigenvalue weighted by atomic mass is 10.2. The molecule has 0 saturated carbocycles. The van der Waals surface area contributed by atoms with Crippen molar-refractivity contribution < 1.29 is 0 Å². The van der Waals surface area contributed by atoms with Crippen LogP contribution in [-0.4, -0.2) is 35.4 Å². The predicted molar refractivity (Wildman–Crippen MR) is 72.9 cm³/mol. The van der Waals surface area contributed by atoms with Crippen LogP contribution in [0.1, 0.15) is 6.42 Å². The average Bonchev–Trinajstić information content (AvgIpc) is 3.15. The van der Waals surface area contributed by atoms with Crippen molar-refractivity contribution >= 4 is 16.5 Å². The standard InChI is InChI=1S/C13H14N4S/c1-2-4-9(5-3-1)12-15-16-13(18-12)17-8-10-6-11(17)7-14-10/h1-5,10-11,14H,6-8H2/t10-,11+/m1/s1. The second-order valence-corrected chi connectivity index (χ2v) is 5.86.